The van der Waals surface area contributed by atoms with Crippen molar-refractivity contribution in [3.8, 4) is 5.75 Å². The van der Waals surface area contributed by atoms with Gasteiger partial charge in [0.1, 0.15) is 30.0 Å². The van der Waals surface area contributed by atoms with E-state index in [4.69, 9.17) is 23.7 Å². The molecule has 1 aliphatic heterocycles. The van der Waals surface area contributed by atoms with Crippen LogP contribution < -0.4 is 10.4 Å². The molecule has 1 aromatic carbocycles. The Morgan fingerprint density at radius 1 is 1.39 bits per heavy atom. The zero-order valence-corrected chi connectivity index (χ0v) is 12.0. The molecule has 122 valence electrons. The van der Waals surface area contributed by atoms with Crippen LogP contribution in [0, 0.1) is 12.7 Å². The van der Waals surface area contributed by atoms with Gasteiger partial charge in [-0.25, -0.2) is 9.18 Å². The Morgan fingerprint density at radius 2 is 2.17 bits per heavy atom. The Bertz CT molecular complexity index is 826. The number of ether oxygens (including phenoxy) is 3. The summed E-state index contributed by atoms with van der Waals surface area (Å²) in [6, 6.07) is 3.67. The minimum absolute atomic E-state index is 0.0414. The maximum atomic E-state index is 14.2. The van der Waals surface area contributed by atoms with Crippen molar-refractivity contribution in [3.05, 3.63) is 52.0 Å². The van der Waals surface area contributed by atoms with Crippen LogP contribution in [0.3, 0.4) is 0 Å². The average molecular weight is 324 g/mol. The number of aliphatic hydroxyl groups excluding tert-OH is 2. The normalized spacial score (nSPS) is 23.0. The molecular weight excluding hydrogens is 311 g/mol. The number of hydrogen-bond acceptors (Lipinski definition) is 7. The highest BCUT2D eigenvalue weighted by Crippen LogP contribution is 2.28. The molecule has 2 N–H and O–H groups in total. The molecule has 2 heterocycles. The monoisotopic (exact) mass is 324 g/mol. The largest absolute Gasteiger partial charge is 0.512 e. The van der Waals surface area contributed by atoms with Gasteiger partial charge in [0, 0.05) is 18.2 Å². The topological polar surface area (TPSA) is 98.4 Å². The minimum atomic E-state index is -1.39. The fourth-order valence-corrected chi connectivity index (χ4v) is 2.28. The number of fused-ring (bicyclic) bond motifs is 1. The molecule has 2 aromatic rings. The Kier molecular flexibility index (Phi) is 3.93. The fraction of sp³-hybridized carbons (Fsp3) is 0.267. The molecule has 0 radical (unpaired) electrons. The summed E-state index contributed by atoms with van der Waals surface area (Å²) < 4.78 is 34.6. The summed E-state index contributed by atoms with van der Waals surface area (Å²) in [6.45, 7) is 1.45. The highest BCUT2D eigenvalue weighted by Gasteiger charge is 2.28. The smallest absolute Gasteiger partial charge is 0.336 e. The second-order valence-electron chi connectivity index (χ2n) is 4.91. The van der Waals surface area contributed by atoms with Crippen LogP contribution in [-0.4, -0.2) is 29.4 Å². The van der Waals surface area contributed by atoms with E-state index in [0.717, 1.165) is 6.07 Å². The summed E-state index contributed by atoms with van der Waals surface area (Å²) in [7, 11) is 0. The molecule has 0 unspecified atom stereocenters. The molecule has 0 saturated carbocycles. The third kappa shape index (κ3) is 2.99. The van der Waals surface area contributed by atoms with E-state index in [1.807, 2.05) is 0 Å². The first-order valence-corrected chi connectivity index (χ1v) is 6.69. The molecule has 3 rings (SSSR count). The maximum absolute atomic E-state index is 14.2. The van der Waals surface area contributed by atoms with Crippen LogP contribution in [0.5, 0.6) is 5.75 Å². The van der Waals surface area contributed by atoms with Gasteiger partial charge in [-0.3, -0.25) is 0 Å². The van der Waals surface area contributed by atoms with Gasteiger partial charge >= 0.3 is 5.63 Å². The number of aryl methyl sites for hydroxylation is 1. The molecule has 1 saturated heterocycles. The van der Waals surface area contributed by atoms with Crippen LogP contribution in [0.4, 0.5) is 4.39 Å². The van der Waals surface area contributed by atoms with Gasteiger partial charge in [-0.2, -0.15) is 0 Å². The van der Waals surface area contributed by atoms with E-state index in [1.165, 1.54) is 12.1 Å². The van der Waals surface area contributed by atoms with Crippen molar-refractivity contribution in [1.29, 1.82) is 0 Å². The van der Waals surface area contributed by atoms with Crippen LogP contribution in [0.2, 0.25) is 0 Å². The van der Waals surface area contributed by atoms with Crippen molar-refractivity contribution in [1.82, 2.24) is 0 Å². The lowest BCUT2D eigenvalue weighted by molar-refractivity contribution is -0.220. The predicted octanol–water partition coefficient (Wildman–Crippen LogP) is 1.71. The van der Waals surface area contributed by atoms with Crippen LogP contribution in [0.25, 0.3) is 11.0 Å². The van der Waals surface area contributed by atoms with Crippen LogP contribution >= 0.6 is 0 Å². The molecule has 0 amide bonds. The zero-order chi connectivity index (χ0) is 16.6. The molecule has 0 aliphatic carbocycles. The molecule has 1 aliphatic rings. The third-order valence-electron chi connectivity index (χ3n) is 3.26. The molecule has 2 atom stereocenters. The lowest BCUT2D eigenvalue weighted by Gasteiger charge is -2.28. The Balaban J connectivity index is 1.91. The molecule has 1 fully saturated rings. The van der Waals surface area contributed by atoms with E-state index < -0.39 is 24.0 Å². The molecule has 0 spiro atoms. The molecule has 23 heavy (non-hydrogen) atoms. The highest BCUT2D eigenvalue weighted by molar-refractivity contribution is 5.82. The molecule has 7 nitrogen and oxygen atoms in total. The van der Waals surface area contributed by atoms with Crippen molar-refractivity contribution in [2.24, 2.45) is 0 Å². The van der Waals surface area contributed by atoms with Crippen molar-refractivity contribution in [2.45, 2.75) is 19.5 Å². The van der Waals surface area contributed by atoms with Crippen molar-refractivity contribution >= 4 is 11.0 Å². The van der Waals surface area contributed by atoms with E-state index in [-0.39, 0.29) is 29.1 Å². The van der Waals surface area contributed by atoms with Crippen LogP contribution in [-0.2, 0) is 9.47 Å². The lowest BCUT2D eigenvalue weighted by atomic mass is 10.1. The minimum Gasteiger partial charge on any atom is -0.512 e. The molecule has 0 bridgehead atoms. The summed E-state index contributed by atoms with van der Waals surface area (Å²) in [4.78, 5) is 11.4. The maximum Gasteiger partial charge on any atom is 0.336 e. The van der Waals surface area contributed by atoms with E-state index in [1.54, 1.807) is 6.92 Å². The van der Waals surface area contributed by atoms with E-state index in [9.17, 15) is 14.3 Å². The molecule has 1 aromatic heterocycles. The number of hydrogen-bond donors (Lipinski definition) is 2. The summed E-state index contributed by atoms with van der Waals surface area (Å²) in [5, 5.41) is 18.4. The van der Waals surface area contributed by atoms with E-state index in [2.05, 4.69) is 0 Å². The Morgan fingerprint density at radius 3 is 2.91 bits per heavy atom. The molecular formula is C15H13FO7. The average Bonchev–Trinajstić information content (AvgIpc) is 2.48. The van der Waals surface area contributed by atoms with E-state index >= 15 is 0 Å². The van der Waals surface area contributed by atoms with Gasteiger partial charge in [-0.15, -0.1) is 0 Å². The first-order chi connectivity index (χ1) is 11.0. The van der Waals surface area contributed by atoms with Gasteiger partial charge in [-0.1, -0.05) is 0 Å². The van der Waals surface area contributed by atoms with Crippen molar-refractivity contribution in [2.75, 3.05) is 6.61 Å². The quantitative estimate of drug-likeness (QED) is 0.641. The first-order valence-electron chi connectivity index (χ1n) is 6.69. The standard InChI is InChI=1S/C15H13FO7/c1-7-2-12(18)22-10-4-8(3-9(16)14(7)10)21-13-6-20-15(19)11(5-17)23-13/h2-5,13,15,17,19H,6H2,1H3/b11-5+/t13-,15-/m0/s1. The zero-order valence-electron chi connectivity index (χ0n) is 12.0. The van der Waals surface area contributed by atoms with E-state index in [0.29, 0.717) is 11.8 Å². The van der Waals surface area contributed by atoms with Gasteiger partial charge in [-0.05, 0) is 12.5 Å². The highest BCUT2D eigenvalue weighted by atomic mass is 19.1. The van der Waals surface area contributed by atoms with Gasteiger partial charge < -0.3 is 28.8 Å². The van der Waals surface area contributed by atoms with Gasteiger partial charge in [0.2, 0.25) is 6.29 Å². The summed E-state index contributed by atoms with van der Waals surface area (Å²) >= 11 is 0. The summed E-state index contributed by atoms with van der Waals surface area (Å²) in [5.74, 6) is -0.802. The first kappa shape index (κ1) is 15.3. The fourth-order valence-electron chi connectivity index (χ4n) is 2.28. The van der Waals surface area contributed by atoms with Crippen LogP contribution in [0.1, 0.15) is 5.56 Å². The second kappa shape index (κ2) is 5.90. The Hall–Kier alpha value is -2.58. The number of halogens is 1. The predicted molar refractivity (Wildman–Crippen MR) is 75.4 cm³/mol. The summed E-state index contributed by atoms with van der Waals surface area (Å²) in [5.41, 5.74) is -0.108. The summed E-state index contributed by atoms with van der Waals surface area (Å²) in [6.07, 6.45) is -1.86. The Labute approximate surface area is 129 Å². The van der Waals surface area contributed by atoms with Gasteiger partial charge in [0.15, 0.2) is 5.76 Å². The van der Waals surface area contributed by atoms with Gasteiger partial charge in [0.25, 0.3) is 6.29 Å². The van der Waals surface area contributed by atoms with Crippen molar-refractivity contribution in [3.63, 3.8) is 0 Å². The van der Waals surface area contributed by atoms with Crippen molar-refractivity contribution < 1.29 is 33.2 Å². The molecule has 8 heteroatoms. The number of benzene rings is 1. The van der Waals surface area contributed by atoms with Gasteiger partial charge in [0.05, 0.1) is 5.39 Å². The SMILES string of the molecule is Cc1cc(=O)oc2cc(O[C@@H]3CO[C@H](O)/C(=C\O)O3)cc(F)c12. The lowest BCUT2D eigenvalue weighted by Crippen LogP contribution is -2.37. The second-order valence-corrected chi connectivity index (χ2v) is 4.91. The number of aliphatic hydroxyl groups is 2. The number of rotatable bonds is 2. The third-order valence-corrected chi connectivity index (χ3v) is 3.26. The van der Waals surface area contributed by atoms with Crippen LogP contribution in [0.15, 0.2) is 39.4 Å².